The number of hydrogen-bond acceptors (Lipinski definition) is 5. The van der Waals surface area contributed by atoms with Crippen molar-refractivity contribution in [3.8, 4) is 11.5 Å². The summed E-state index contributed by atoms with van der Waals surface area (Å²) in [5.41, 5.74) is 3.24. The molecule has 3 aromatic carbocycles. The van der Waals surface area contributed by atoms with Crippen molar-refractivity contribution in [2.24, 2.45) is 0 Å². The van der Waals surface area contributed by atoms with Crippen molar-refractivity contribution in [2.45, 2.75) is 33.4 Å². The van der Waals surface area contributed by atoms with E-state index in [0.717, 1.165) is 28.0 Å². The minimum atomic E-state index is -0.179. The zero-order valence-corrected chi connectivity index (χ0v) is 18.6. The average Bonchev–Trinajstić information content (AvgIpc) is 3.14. The van der Waals surface area contributed by atoms with Crippen LogP contribution in [0.5, 0.6) is 11.5 Å². The van der Waals surface area contributed by atoms with Gasteiger partial charge in [-0.1, -0.05) is 41.6 Å². The van der Waals surface area contributed by atoms with Gasteiger partial charge in [-0.3, -0.25) is 4.79 Å². The standard InChI is InChI=1S/C26H26N2O4/c1-16(20-10-9-19-7-5-6-8-21(19)13-20)27-26(29)22-11-12-24(25(14-22)30-4)31-15-23-17(2)28-32-18(23)3/h5-14,16H,15H2,1-4H3,(H,27,29). The molecular weight excluding hydrogens is 404 g/mol. The zero-order chi connectivity index (χ0) is 22.7. The van der Waals surface area contributed by atoms with Crippen molar-refractivity contribution in [3.63, 3.8) is 0 Å². The Morgan fingerprint density at radius 1 is 1.03 bits per heavy atom. The Kier molecular flexibility index (Phi) is 6.12. The number of methoxy groups -OCH3 is 1. The van der Waals surface area contributed by atoms with E-state index in [1.54, 1.807) is 25.3 Å². The molecule has 6 heteroatoms. The second-order valence-electron chi connectivity index (χ2n) is 7.76. The number of hydrogen-bond donors (Lipinski definition) is 1. The largest absolute Gasteiger partial charge is 0.493 e. The van der Waals surface area contributed by atoms with E-state index < -0.39 is 0 Å². The minimum absolute atomic E-state index is 0.145. The highest BCUT2D eigenvalue weighted by atomic mass is 16.5. The quantitative estimate of drug-likeness (QED) is 0.418. The summed E-state index contributed by atoms with van der Waals surface area (Å²) < 4.78 is 16.5. The number of ether oxygens (including phenoxy) is 2. The molecule has 1 heterocycles. The molecule has 6 nitrogen and oxygen atoms in total. The molecule has 0 spiro atoms. The van der Waals surface area contributed by atoms with Gasteiger partial charge in [-0.25, -0.2) is 0 Å². The fourth-order valence-corrected chi connectivity index (χ4v) is 3.63. The molecule has 0 saturated carbocycles. The normalized spacial score (nSPS) is 11.9. The van der Waals surface area contributed by atoms with E-state index in [4.69, 9.17) is 14.0 Å². The number of carbonyl (C=O) groups is 1. The Balaban J connectivity index is 1.47. The predicted molar refractivity (Wildman–Crippen MR) is 123 cm³/mol. The van der Waals surface area contributed by atoms with Crippen LogP contribution in [-0.4, -0.2) is 18.2 Å². The molecule has 0 aliphatic heterocycles. The van der Waals surface area contributed by atoms with Crippen LogP contribution in [0.1, 0.15) is 45.9 Å². The molecule has 1 unspecified atom stereocenters. The van der Waals surface area contributed by atoms with Crippen LogP contribution in [0.15, 0.2) is 65.2 Å². The highest BCUT2D eigenvalue weighted by Gasteiger charge is 2.16. The lowest BCUT2D eigenvalue weighted by atomic mass is 10.0. The van der Waals surface area contributed by atoms with Gasteiger partial charge < -0.3 is 19.3 Å². The molecule has 164 valence electrons. The summed E-state index contributed by atoms with van der Waals surface area (Å²) in [5, 5.41) is 9.32. The number of aryl methyl sites for hydroxylation is 2. The van der Waals surface area contributed by atoms with E-state index in [2.05, 4.69) is 34.7 Å². The van der Waals surface area contributed by atoms with Gasteiger partial charge >= 0.3 is 0 Å². The first-order valence-corrected chi connectivity index (χ1v) is 10.5. The van der Waals surface area contributed by atoms with Crippen molar-refractivity contribution >= 4 is 16.7 Å². The summed E-state index contributed by atoms with van der Waals surface area (Å²) in [6.07, 6.45) is 0. The lowest BCUT2D eigenvalue weighted by molar-refractivity contribution is 0.0939. The van der Waals surface area contributed by atoms with Crippen molar-refractivity contribution in [2.75, 3.05) is 7.11 Å². The van der Waals surface area contributed by atoms with Crippen molar-refractivity contribution < 1.29 is 18.8 Å². The maximum absolute atomic E-state index is 12.9. The van der Waals surface area contributed by atoms with Gasteiger partial charge in [-0.2, -0.15) is 0 Å². The van der Waals surface area contributed by atoms with Gasteiger partial charge in [-0.05, 0) is 61.4 Å². The number of aromatic nitrogens is 1. The Morgan fingerprint density at radius 3 is 2.53 bits per heavy atom. The summed E-state index contributed by atoms with van der Waals surface area (Å²) in [6, 6.07) is 19.4. The fourth-order valence-electron chi connectivity index (χ4n) is 3.63. The van der Waals surface area contributed by atoms with Crippen LogP contribution in [-0.2, 0) is 6.61 Å². The van der Waals surface area contributed by atoms with E-state index in [1.165, 1.54) is 5.39 Å². The Hall–Kier alpha value is -3.80. The summed E-state index contributed by atoms with van der Waals surface area (Å²) in [6.45, 7) is 6.00. The zero-order valence-electron chi connectivity index (χ0n) is 18.6. The smallest absolute Gasteiger partial charge is 0.251 e. The van der Waals surface area contributed by atoms with Gasteiger partial charge in [0.25, 0.3) is 5.91 Å². The predicted octanol–water partition coefficient (Wildman–Crippen LogP) is 5.52. The summed E-state index contributed by atoms with van der Waals surface area (Å²) in [4.78, 5) is 12.9. The Morgan fingerprint density at radius 2 is 1.81 bits per heavy atom. The second kappa shape index (κ2) is 9.14. The monoisotopic (exact) mass is 430 g/mol. The van der Waals surface area contributed by atoms with Crippen LogP contribution in [0, 0.1) is 13.8 Å². The molecule has 0 aliphatic carbocycles. The van der Waals surface area contributed by atoms with E-state index >= 15 is 0 Å². The SMILES string of the molecule is COc1cc(C(=O)NC(C)c2ccc3ccccc3c2)ccc1OCc1c(C)noc1C. The lowest BCUT2D eigenvalue weighted by Crippen LogP contribution is -2.26. The number of nitrogens with one attached hydrogen (secondary N) is 1. The number of carbonyl (C=O) groups excluding carboxylic acids is 1. The van der Waals surface area contributed by atoms with Gasteiger partial charge in [0, 0.05) is 5.56 Å². The molecule has 0 radical (unpaired) electrons. The molecule has 1 N–H and O–H groups in total. The summed E-state index contributed by atoms with van der Waals surface area (Å²) in [7, 11) is 1.55. The van der Waals surface area contributed by atoms with Crippen LogP contribution >= 0.6 is 0 Å². The van der Waals surface area contributed by atoms with Crippen molar-refractivity contribution in [1.29, 1.82) is 0 Å². The van der Waals surface area contributed by atoms with E-state index in [9.17, 15) is 4.79 Å². The van der Waals surface area contributed by atoms with Gasteiger partial charge in [0.05, 0.1) is 24.4 Å². The van der Waals surface area contributed by atoms with Crippen LogP contribution in [0.25, 0.3) is 10.8 Å². The Labute approximate surface area is 187 Å². The number of fused-ring (bicyclic) bond motifs is 1. The van der Waals surface area contributed by atoms with Crippen LogP contribution in [0.3, 0.4) is 0 Å². The van der Waals surface area contributed by atoms with Crippen LogP contribution in [0.2, 0.25) is 0 Å². The highest BCUT2D eigenvalue weighted by Crippen LogP contribution is 2.30. The first-order chi connectivity index (χ1) is 15.5. The van der Waals surface area contributed by atoms with Gasteiger partial charge in [-0.15, -0.1) is 0 Å². The molecule has 1 atom stereocenters. The number of amides is 1. The first kappa shape index (κ1) is 21.4. The molecule has 4 aromatic rings. The number of nitrogens with zero attached hydrogens (tertiary/aromatic N) is 1. The van der Waals surface area contributed by atoms with Gasteiger partial charge in [0.15, 0.2) is 11.5 Å². The maximum atomic E-state index is 12.9. The van der Waals surface area contributed by atoms with Crippen molar-refractivity contribution in [3.05, 3.63) is 88.8 Å². The third kappa shape index (κ3) is 4.44. The van der Waals surface area contributed by atoms with Gasteiger partial charge in [0.1, 0.15) is 12.4 Å². The van der Waals surface area contributed by atoms with Crippen molar-refractivity contribution in [1.82, 2.24) is 10.5 Å². The lowest BCUT2D eigenvalue weighted by Gasteiger charge is -2.16. The number of benzene rings is 3. The average molecular weight is 431 g/mol. The fraction of sp³-hybridized carbons (Fsp3) is 0.231. The third-order valence-electron chi connectivity index (χ3n) is 5.60. The molecule has 32 heavy (non-hydrogen) atoms. The summed E-state index contributed by atoms with van der Waals surface area (Å²) >= 11 is 0. The second-order valence-corrected chi connectivity index (χ2v) is 7.76. The van der Waals surface area contributed by atoms with E-state index in [0.29, 0.717) is 23.7 Å². The van der Waals surface area contributed by atoms with Gasteiger partial charge in [0.2, 0.25) is 0 Å². The molecule has 1 aromatic heterocycles. The van der Waals surface area contributed by atoms with E-state index in [-0.39, 0.29) is 11.9 Å². The Bertz CT molecular complexity index is 1240. The number of rotatable bonds is 7. The summed E-state index contributed by atoms with van der Waals surface area (Å²) in [5.74, 6) is 1.58. The molecule has 0 fully saturated rings. The van der Waals surface area contributed by atoms with Crippen LogP contribution < -0.4 is 14.8 Å². The topological polar surface area (TPSA) is 73.6 Å². The molecule has 0 bridgehead atoms. The first-order valence-electron chi connectivity index (χ1n) is 10.5. The molecule has 0 saturated heterocycles. The molecule has 0 aliphatic rings. The van der Waals surface area contributed by atoms with E-state index in [1.807, 2.05) is 39.0 Å². The minimum Gasteiger partial charge on any atom is -0.493 e. The molecule has 4 rings (SSSR count). The van der Waals surface area contributed by atoms with Crippen LogP contribution in [0.4, 0.5) is 0 Å². The highest BCUT2D eigenvalue weighted by molar-refractivity contribution is 5.95. The third-order valence-corrected chi connectivity index (χ3v) is 5.60. The molecular formula is C26H26N2O4. The maximum Gasteiger partial charge on any atom is 0.251 e. The molecule has 1 amide bonds.